The normalized spacial score (nSPS) is 13.6. The summed E-state index contributed by atoms with van der Waals surface area (Å²) in [5, 5.41) is 8.32. The molecule has 0 amide bonds. The Morgan fingerprint density at radius 1 is 1.21 bits per heavy atom. The van der Waals surface area contributed by atoms with Gasteiger partial charge in [0.25, 0.3) is 0 Å². The molecule has 0 radical (unpaired) electrons. The summed E-state index contributed by atoms with van der Waals surface area (Å²) in [6, 6.07) is 6.43. The fourth-order valence-corrected chi connectivity index (χ4v) is 2.34. The molecular formula is C14H17ClFN3. The minimum absolute atomic E-state index is 0.209. The predicted octanol–water partition coefficient (Wildman–Crippen LogP) is 3.98. The molecule has 5 heteroatoms. The van der Waals surface area contributed by atoms with Gasteiger partial charge in [-0.3, -0.25) is 4.57 Å². The summed E-state index contributed by atoms with van der Waals surface area (Å²) in [5.41, 5.74) is 0.370. The van der Waals surface area contributed by atoms with Crippen molar-refractivity contribution in [2.75, 3.05) is 0 Å². The lowest BCUT2D eigenvalue weighted by Crippen LogP contribution is -2.22. The molecular weight excluding hydrogens is 265 g/mol. The van der Waals surface area contributed by atoms with Crippen molar-refractivity contribution in [2.24, 2.45) is 0 Å². The maximum atomic E-state index is 13.9. The van der Waals surface area contributed by atoms with Crippen LogP contribution in [0.15, 0.2) is 24.3 Å². The van der Waals surface area contributed by atoms with Crippen molar-refractivity contribution in [1.82, 2.24) is 14.8 Å². The fraction of sp³-hybridized carbons (Fsp3) is 0.429. The molecule has 0 saturated heterocycles. The first-order valence-electron chi connectivity index (χ1n) is 6.17. The molecule has 1 aromatic carbocycles. The van der Waals surface area contributed by atoms with Gasteiger partial charge >= 0.3 is 0 Å². The highest BCUT2D eigenvalue weighted by atomic mass is 35.5. The number of halogens is 2. The smallest absolute Gasteiger partial charge is 0.225 e. The molecule has 1 aromatic heterocycles. The lowest BCUT2D eigenvalue weighted by molar-refractivity contribution is 0.471. The second-order valence-corrected chi connectivity index (χ2v) is 5.95. The van der Waals surface area contributed by atoms with Crippen LogP contribution in [0.25, 0.3) is 0 Å². The van der Waals surface area contributed by atoms with Gasteiger partial charge in [-0.25, -0.2) is 4.39 Å². The van der Waals surface area contributed by atoms with Crippen LogP contribution in [0.4, 0.5) is 4.39 Å². The largest absolute Gasteiger partial charge is 0.294 e. The third-order valence-electron chi connectivity index (χ3n) is 3.07. The van der Waals surface area contributed by atoms with Crippen molar-refractivity contribution in [1.29, 1.82) is 0 Å². The van der Waals surface area contributed by atoms with Gasteiger partial charge in [-0.15, -0.1) is 10.2 Å². The average Bonchev–Trinajstić information content (AvgIpc) is 2.70. The maximum absolute atomic E-state index is 13.9. The van der Waals surface area contributed by atoms with Gasteiger partial charge in [0, 0.05) is 11.0 Å². The van der Waals surface area contributed by atoms with Crippen molar-refractivity contribution in [2.45, 2.75) is 39.2 Å². The zero-order chi connectivity index (χ0) is 14.2. The maximum Gasteiger partial charge on any atom is 0.225 e. The molecule has 1 unspecified atom stereocenters. The van der Waals surface area contributed by atoms with Crippen molar-refractivity contribution >= 4 is 11.6 Å². The monoisotopic (exact) mass is 281 g/mol. The predicted molar refractivity (Wildman–Crippen MR) is 73.9 cm³/mol. The average molecular weight is 282 g/mol. The molecule has 0 bridgehead atoms. The van der Waals surface area contributed by atoms with E-state index in [1.54, 1.807) is 16.7 Å². The summed E-state index contributed by atoms with van der Waals surface area (Å²) < 4.78 is 15.7. The summed E-state index contributed by atoms with van der Waals surface area (Å²) in [6.45, 7) is 7.97. The Bertz CT molecular complexity index is 587. The van der Waals surface area contributed by atoms with Gasteiger partial charge in [-0.1, -0.05) is 39.0 Å². The van der Waals surface area contributed by atoms with Gasteiger partial charge in [0.15, 0.2) is 0 Å². The summed E-state index contributed by atoms with van der Waals surface area (Å²) in [6.07, 6.45) is 0. The van der Waals surface area contributed by atoms with Gasteiger partial charge in [-0.05, 0) is 24.6 Å². The van der Waals surface area contributed by atoms with Crippen LogP contribution < -0.4 is 0 Å². The minimum Gasteiger partial charge on any atom is -0.294 e. The zero-order valence-corrected chi connectivity index (χ0v) is 12.2. The first-order valence-corrected chi connectivity index (χ1v) is 6.55. The van der Waals surface area contributed by atoms with Crippen LogP contribution in [0, 0.1) is 5.82 Å². The van der Waals surface area contributed by atoms with Crippen LogP contribution in [0.2, 0.25) is 5.28 Å². The van der Waals surface area contributed by atoms with Crippen molar-refractivity contribution in [3.8, 4) is 0 Å². The standard InChI is InChI=1S/C14H17ClFN3/c1-9(10-7-5-6-8-11(10)16)19-12(14(2,3)4)17-18-13(19)15/h5-9H,1-4H3. The SMILES string of the molecule is CC(c1ccccc1F)n1c(Cl)nnc1C(C)(C)C. The van der Waals surface area contributed by atoms with E-state index >= 15 is 0 Å². The fourth-order valence-electron chi connectivity index (χ4n) is 2.08. The van der Waals surface area contributed by atoms with E-state index in [1.165, 1.54) is 6.07 Å². The van der Waals surface area contributed by atoms with Gasteiger partial charge < -0.3 is 0 Å². The topological polar surface area (TPSA) is 30.7 Å². The number of aromatic nitrogens is 3. The van der Waals surface area contributed by atoms with E-state index in [0.717, 1.165) is 5.82 Å². The third kappa shape index (κ3) is 2.63. The highest BCUT2D eigenvalue weighted by molar-refractivity contribution is 6.28. The Labute approximate surface area is 117 Å². The van der Waals surface area contributed by atoms with E-state index in [2.05, 4.69) is 10.2 Å². The Hall–Kier alpha value is -1.42. The second-order valence-electron chi connectivity index (χ2n) is 5.61. The molecule has 1 atom stereocenters. The number of hydrogen-bond acceptors (Lipinski definition) is 2. The number of benzene rings is 1. The van der Waals surface area contributed by atoms with Crippen LogP contribution in [-0.2, 0) is 5.41 Å². The molecule has 19 heavy (non-hydrogen) atoms. The minimum atomic E-state index is -0.252. The second kappa shape index (κ2) is 4.93. The molecule has 3 nitrogen and oxygen atoms in total. The summed E-state index contributed by atoms with van der Waals surface area (Å²) in [5.74, 6) is 0.493. The van der Waals surface area contributed by atoms with Crippen molar-refractivity contribution < 1.29 is 4.39 Å². The third-order valence-corrected chi connectivity index (χ3v) is 3.33. The van der Waals surface area contributed by atoms with Crippen LogP contribution in [0.1, 0.15) is 45.1 Å². The summed E-state index contributed by atoms with van der Waals surface area (Å²) in [4.78, 5) is 0. The Morgan fingerprint density at radius 3 is 2.42 bits per heavy atom. The lowest BCUT2D eigenvalue weighted by atomic mass is 9.95. The molecule has 1 heterocycles. The number of nitrogens with zero attached hydrogens (tertiary/aromatic N) is 3. The number of hydrogen-bond donors (Lipinski definition) is 0. The molecule has 0 saturated carbocycles. The number of rotatable bonds is 2. The highest BCUT2D eigenvalue weighted by Gasteiger charge is 2.27. The molecule has 0 aliphatic carbocycles. The molecule has 0 aliphatic rings. The van der Waals surface area contributed by atoms with Crippen LogP contribution in [0.5, 0.6) is 0 Å². The first kappa shape index (κ1) is 14.0. The summed E-state index contributed by atoms with van der Waals surface area (Å²) >= 11 is 6.12. The molecule has 2 rings (SSSR count). The molecule has 2 aromatic rings. The Balaban J connectivity index is 2.54. The van der Waals surface area contributed by atoms with Gasteiger partial charge in [-0.2, -0.15) is 0 Å². The Kier molecular flexibility index (Phi) is 3.63. The van der Waals surface area contributed by atoms with Gasteiger partial charge in [0.2, 0.25) is 5.28 Å². The summed E-state index contributed by atoms with van der Waals surface area (Å²) in [7, 11) is 0. The van der Waals surface area contributed by atoms with E-state index in [0.29, 0.717) is 5.56 Å². The molecule has 0 fully saturated rings. The quantitative estimate of drug-likeness (QED) is 0.834. The van der Waals surface area contributed by atoms with E-state index in [9.17, 15) is 4.39 Å². The van der Waals surface area contributed by atoms with Gasteiger partial charge in [0.1, 0.15) is 11.6 Å². The van der Waals surface area contributed by atoms with Crippen LogP contribution in [0.3, 0.4) is 0 Å². The van der Waals surface area contributed by atoms with E-state index in [-0.39, 0.29) is 22.6 Å². The first-order chi connectivity index (χ1) is 8.82. The van der Waals surface area contributed by atoms with E-state index < -0.39 is 0 Å². The van der Waals surface area contributed by atoms with Crippen molar-refractivity contribution in [3.63, 3.8) is 0 Å². The molecule has 0 spiro atoms. The van der Waals surface area contributed by atoms with E-state index in [1.807, 2.05) is 33.8 Å². The molecule has 0 N–H and O–H groups in total. The van der Waals surface area contributed by atoms with Crippen LogP contribution >= 0.6 is 11.6 Å². The lowest BCUT2D eigenvalue weighted by Gasteiger charge is -2.23. The van der Waals surface area contributed by atoms with Crippen LogP contribution in [-0.4, -0.2) is 14.8 Å². The van der Waals surface area contributed by atoms with Crippen molar-refractivity contribution in [3.05, 3.63) is 46.8 Å². The van der Waals surface area contributed by atoms with Gasteiger partial charge in [0.05, 0.1) is 6.04 Å². The highest BCUT2D eigenvalue weighted by Crippen LogP contribution is 2.30. The van der Waals surface area contributed by atoms with E-state index in [4.69, 9.17) is 11.6 Å². The Morgan fingerprint density at radius 2 is 1.84 bits per heavy atom. The zero-order valence-electron chi connectivity index (χ0n) is 11.5. The molecule has 0 aliphatic heterocycles. The molecule has 102 valence electrons.